The van der Waals surface area contributed by atoms with Crippen molar-refractivity contribution in [2.75, 3.05) is 46.4 Å². The van der Waals surface area contributed by atoms with Gasteiger partial charge in [-0.3, -0.25) is 9.89 Å². The smallest absolute Gasteiger partial charge is 0.191 e. The highest BCUT2D eigenvalue weighted by Gasteiger charge is 2.39. The molecule has 2 rings (SSSR count). The van der Waals surface area contributed by atoms with Gasteiger partial charge >= 0.3 is 0 Å². The number of aliphatic imine (C=N–C) groups is 1. The maximum absolute atomic E-state index is 5.66. The lowest BCUT2D eigenvalue weighted by atomic mass is 9.87. The second-order valence-electron chi connectivity index (χ2n) is 8.93. The summed E-state index contributed by atoms with van der Waals surface area (Å²) in [6, 6.07) is 0. The van der Waals surface area contributed by atoms with Gasteiger partial charge in [0, 0.05) is 38.9 Å². The average Bonchev–Trinajstić information content (AvgIpc) is 3.18. The van der Waals surface area contributed by atoms with Crippen LogP contribution < -0.4 is 10.6 Å². The summed E-state index contributed by atoms with van der Waals surface area (Å²) in [5, 5.41) is 7.21. The van der Waals surface area contributed by atoms with Gasteiger partial charge in [0.15, 0.2) is 5.96 Å². The Kier molecular flexibility index (Phi) is 11.5. The van der Waals surface area contributed by atoms with Crippen LogP contribution in [0.2, 0.25) is 0 Å². The highest BCUT2D eigenvalue weighted by Crippen LogP contribution is 2.30. The molecule has 27 heavy (non-hydrogen) atoms. The fourth-order valence-corrected chi connectivity index (χ4v) is 4.28. The number of nitrogens with zero attached hydrogens (tertiary/aromatic N) is 2. The van der Waals surface area contributed by atoms with Crippen LogP contribution in [0.4, 0.5) is 0 Å². The molecule has 160 valence electrons. The Morgan fingerprint density at radius 2 is 1.78 bits per heavy atom. The Labute approximate surface area is 184 Å². The summed E-state index contributed by atoms with van der Waals surface area (Å²) in [5.41, 5.74) is 0.543. The summed E-state index contributed by atoms with van der Waals surface area (Å²) < 4.78 is 5.66. The van der Waals surface area contributed by atoms with E-state index in [-0.39, 0.29) is 29.5 Å². The first-order valence-corrected chi connectivity index (χ1v) is 10.8. The van der Waals surface area contributed by atoms with Crippen LogP contribution in [0.15, 0.2) is 4.99 Å². The molecule has 0 spiro atoms. The van der Waals surface area contributed by atoms with Crippen molar-refractivity contribution in [1.29, 1.82) is 0 Å². The fraction of sp³-hybridized carbons (Fsp3) is 0.952. The van der Waals surface area contributed by atoms with E-state index in [1.165, 1.54) is 51.6 Å². The zero-order valence-corrected chi connectivity index (χ0v) is 20.4. The van der Waals surface area contributed by atoms with Crippen molar-refractivity contribution in [3.05, 3.63) is 0 Å². The van der Waals surface area contributed by atoms with Gasteiger partial charge in [0.2, 0.25) is 0 Å². The molecule has 0 bridgehead atoms. The van der Waals surface area contributed by atoms with E-state index in [2.05, 4.69) is 41.3 Å². The normalized spacial score (nSPS) is 21.0. The van der Waals surface area contributed by atoms with Crippen LogP contribution in [0.3, 0.4) is 0 Å². The van der Waals surface area contributed by atoms with E-state index in [0.717, 1.165) is 45.1 Å². The lowest BCUT2D eigenvalue weighted by Crippen LogP contribution is -2.58. The number of hydrogen-bond acceptors (Lipinski definition) is 3. The van der Waals surface area contributed by atoms with E-state index in [1.807, 2.05) is 7.05 Å². The molecule has 2 fully saturated rings. The predicted molar refractivity (Wildman–Crippen MR) is 126 cm³/mol. The quantitative estimate of drug-likeness (QED) is 0.220. The average molecular weight is 495 g/mol. The number of ether oxygens (including phenoxy) is 1. The van der Waals surface area contributed by atoms with Crippen LogP contribution in [0.1, 0.15) is 72.1 Å². The lowest BCUT2D eigenvalue weighted by molar-refractivity contribution is -0.0164. The standard InChI is InChI=1S/C21H42N4O.HI/c1-5-6-7-10-20(2,3)17-23-19(22-4)24-18-21(11-15-26-16-12-21)25-13-8-9-14-25;/h5-18H2,1-4H3,(H2,22,23,24);1H. The minimum Gasteiger partial charge on any atom is -0.381 e. The number of halogens is 1. The number of likely N-dealkylation sites (tertiary alicyclic amines) is 1. The summed E-state index contributed by atoms with van der Waals surface area (Å²) in [4.78, 5) is 7.17. The minimum absolute atomic E-state index is 0. The highest BCUT2D eigenvalue weighted by molar-refractivity contribution is 14.0. The Morgan fingerprint density at radius 1 is 1.11 bits per heavy atom. The molecule has 5 nitrogen and oxygen atoms in total. The van der Waals surface area contributed by atoms with Crippen molar-refractivity contribution in [1.82, 2.24) is 15.5 Å². The second-order valence-corrected chi connectivity index (χ2v) is 8.93. The van der Waals surface area contributed by atoms with Gasteiger partial charge in [0.25, 0.3) is 0 Å². The monoisotopic (exact) mass is 494 g/mol. The SMILES string of the molecule is CCCCCC(C)(C)CNC(=NC)NCC1(N2CCCC2)CCOCC1.I. The molecule has 2 heterocycles. The van der Waals surface area contributed by atoms with E-state index in [4.69, 9.17) is 4.74 Å². The second kappa shape index (κ2) is 12.5. The Hall–Kier alpha value is -0.0800. The first-order valence-electron chi connectivity index (χ1n) is 10.8. The molecule has 0 aromatic heterocycles. The molecular formula is C21H43IN4O. The maximum Gasteiger partial charge on any atom is 0.191 e. The van der Waals surface area contributed by atoms with Gasteiger partial charge in [-0.1, -0.05) is 40.0 Å². The Bertz CT molecular complexity index is 430. The molecule has 0 aromatic rings. The third-order valence-electron chi connectivity index (χ3n) is 6.20. The largest absolute Gasteiger partial charge is 0.381 e. The van der Waals surface area contributed by atoms with Crippen LogP contribution in [0.25, 0.3) is 0 Å². The van der Waals surface area contributed by atoms with E-state index in [1.54, 1.807) is 0 Å². The van der Waals surface area contributed by atoms with Crippen molar-refractivity contribution >= 4 is 29.9 Å². The van der Waals surface area contributed by atoms with Gasteiger partial charge in [-0.2, -0.15) is 0 Å². The van der Waals surface area contributed by atoms with Gasteiger partial charge in [-0.25, -0.2) is 0 Å². The molecule has 0 amide bonds. The fourth-order valence-electron chi connectivity index (χ4n) is 4.28. The summed E-state index contributed by atoms with van der Waals surface area (Å²) in [6.07, 6.45) is 10.1. The zero-order chi connectivity index (χ0) is 18.9. The Balaban J connectivity index is 0.00000364. The van der Waals surface area contributed by atoms with Crippen LogP contribution in [0.5, 0.6) is 0 Å². The van der Waals surface area contributed by atoms with E-state index < -0.39 is 0 Å². The van der Waals surface area contributed by atoms with Crippen LogP contribution in [-0.4, -0.2) is 62.8 Å². The predicted octanol–water partition coefficient (Wildman–Crippen LogP) is 4.02. The maximum atomic E-state index is 5.66. The highest BCUT2D eigenvalue weighted by atomic mass is 127. The van der Waals surface area contributed by atoms with Gasteiger partial charge in [0.1, 0.15) is 0 Å². The van der Waals surface area contributed by atoms with E-state index in [0.29, 0.717) is 5.41 Å². The van der Waals surface area contributed by atoms with Crippen molar-refractivity contribution < 1.29 is 4.74 Å². The molecule has 0 aliphatic carbocycles. The van der Waals surface area contributed by atoms with Crippen molar-refractivity contribution in [2.24, 2.45) is 10.4 Å². The molecule has 2 saturated heterocycles. The van der Waals surface area contributed by atoms with Gasteiger partial charge < -0.3 is 15.4 Å². The molecule has 0 atom stereocenters. The molecular weight excluding hydrogens is 451 g/mol. The molecule has 6 heteroatoms. The number of rotatable bonds is 9. The van der Waals surface area contributed by atoms with Crippen molar-refractivity contribution in [3.8, 4) is 0 Å². The molecule has 2 aliphatic heterocycles. The molecule has 0 aromatic carbocycles. The van der Waals surface area contributed by atoms with Gasteiger partial charge in [0.05, 0.1) is 0 Å². The topological polar surface area (TPSA) is 48.9 Å². The summed E-state index contributed by atoms with van der Waals surface area (Å²) in [6.45, 7) is 13.1. The van der Waals surface area contributed by atoms with Crippen molar-refractivity contribution in [3.63, 3.8) is 0 Å². The lowest BCUT2D eigenvalue weighted by Gasteiger charge is -2.45. The van der Waals surface area contributed by atoms with Crippen LogP contribution >= 0.6 is 24.0 Å². The number of hydrogen-bond donors (Lipinski definition) is 2. The molecule has 0 radical (unpaired) electrons. The van der Waals surface area contributed by atoms with E-state index in [9.17, 15) is 0 Å². The molecule has 2 aliphatic rings. The molecule has 0 saturated carbocycles. The zero-order valence-electron chi connectivity index (χ0n) is 18.1. The Morgan fingerprint density at radius 3 is 2.37 bits per heavy atom. The number of unbranched alkanes of at least 4 members (excludes halogenated alkanes) is 2. The van der Waals surface area contributed by atoms with Crippen molar-refractivity contribution in [2.45, 2.75) is 77.7 Å². The van der Waals surface area contributed by atoms with Crippen LogP contribution in [-0.2, 0) is 4.74 Å². The third kappa shape index (κ3) is 8.05. The number of nitrogens with one attached hydrogen (secondary N) is 2. The first kappa shape index (κ1) is 25.0. The van der Waals surface area contributed by atoms with Gasteiger partial charge in [-0.15, -0.1) is 24.0 Å². The molecule has 0 unspecified atom stereocenters. The third-order valence-corrected chi connectivity index (χ3v) is 6.20. The summed E-state index contributed by atoms with van der Waals surface area (Å²) in [5.74, 6) is 0.943. The van der Waals surface area contributed by atoms with E-state index >= 15 is 0 Å². The van der Waals surface area contributed by atoms with Crippen LogP contribution in [0, 0.1) is 5.41 Å². The summed E-state index contributed by atoms with van der Waals surface area (Å²) >= 11 is 0. The first-order chi connectivity index (χ1) is 12.5. The van der Waals surface area contributed by atoms with Gasteiger partial charge in [-0.05, 0) is 50.6 Å². The summed E-state index contributed by atoms with van der Waals surface area (Å²) in [7, 11) is 1.88. The minimum atomic E-state index is 0. The molecule has 2 N–H and O–H groups in total. The number of guanidine groups is 1.